The van der Waals surface area contributed by atoms with Crippen LogP contribution in [0.25, 0.3) is 10.9 Å². The van der Waals surface area contributed by atoms with Gasteiger partial charge in [0.05, 0.1) is 16.9 Å². The molecule has 0 unspecified atom stereocenters. The summed E-state index contributed by atoms with van der Waals surface area (Å²) in [6, 6.07) is 32.4. The quantitative estimate of drug-likeness (QED) is 0.366. The predicted molar refractivity (Wildman–Crippen MR) is 144 cm³/mol. The van der Waals surface area contributed by atoms with Crippen LogP contribution in [0.1, 0.15) is 33.4 Å². The third-order valence-corrected chi connectivity index (χ3v) is 6.48. The van der Waals surface area contributed by atoms with E-state index in [2.05, 4.69) is 0 Å². The third kappa shape index (κ3) is 4.25. The number of carbonyl (C=O) groups excluding carboxylic acids is 1. The summed E-state index contributed by atoms with van der Waals surface area (Å²) < 4.78 is 1.78. The van der Waals surface area contributed by atoms with Gasteiger partial charge in [-0.25, -0.2) is 4.98 Å². The van der Waals surface area contributed by atoms with Crippen LogP contribution in [-0.4, -0.2) is 22.5 Å². The van der Waals surface area contributed by atoms with E-state index in [9.17, 15) is 9.59 Å². The second-order valence-electron chi connectivity index (χ2n) is 8.73. The Hall–Kier alpha value is -4.71. The number of benzene rings is 4. The molecule has 0 saturated carbocycles. The van der Waals surface area contributed by atoms with Crippen molar-refractivity contribution in [3.63, 3.8) is 0 Å². The maximum absolute atomic E-state index is 14.0. The highest BCUT2D eigenvalue weighted by Crippen LogP contribution is 2.29. The lowest BCUT2D eigenvalue weighted by Crippen LogP contribution is -2.29. The number of carbonyl (C=O) groups is 1. The van der Waals surface area contributed by atoms with Crippen LogP contribution in [-0.2, 0) is 0 Å². The number of fused-ring (bicyclic) bond motifs is 1. The maximum atomic E-state index is 14.0. The summed E-state index contributed by atoms with van der Waals surface area (Å²) in [7, 11) is 1.91. The van der Waals surface area contributed by atoms with Gasteiger partial charge in [-0.2, -0.15) is 0 Å². The topological polar surface area (TPSA) is 81.2 Å². The van der Waals surface area contributed by atoms with Crippen molar-refractivity contribution in [2.75, 3.05) is 11.9 Å². The first-order valence-electron chi connectivity index (χ1n) is 11.7. The highest BCUT2D eigenvalue weighted by Gasteiger charge is 2.21. The van der Waals surface area contributed by atoms with Gasteiger partial charge in [-0.05, 0) is 60.5 Å². The van der Waals surface area contributed by atoms with Crippen molar-refractivity contribution in [1.82, 2.24) is 9.55 Å². The Morgan fingerprint density at radius 1 is 0.833 bits per heavy atom. The Morgan fingerprint density at radius 2 is 1.39 bits per heavy atom. The predicted octanol–water partition coefficient (Wildman–Crippen LogP) is 5.21. The van der Waals surface area contributed by atoms with Gasteiger partial charge in [-0.3, -0.25) is 14.2 Å². The molecule has 6 nitrogen and oxygen atoms in total. The molecule has 0 aliphatic rings. The second-order valence-corrected chi connectivity index (χ2v) is 8.73. The Balaban J connectivity index is 1.65. The van der Waals surface area contributed by atoms with E-state index >= 15 is 0 Å². The zero-order valence-corrected chi connectivity index (χ0v) is 20.1. The number of primary amides is 1. The first-order chi connectivity index (χ1) is 17.4. The molecule has 36 heavy (non-hydrogen) atoms. The summed E-state index contributed by atoms with van der Waals surface area (Å²) in [6.45, 7) is 1.88. The summed E-state index contributed by atoms with van der Waals surface area (Å²) in [4.78, 5) is 32.2. The van der Waals surface area contributed by atoms with Crippen LogP contribution in [0.2, 0.25) is 0 Å². The van der Waals surface area contributed by atoms with Gasteiger partial charge in [-0.15, -0.1) is 0 Å². The zero-order valence-electron chi connectivity index (χ0n) is 20.1. The molecule has 1 aromatic heterocycles. The van der Waals surface area contributed by atoms with E-state index in [1.807, 2.05) is 110 Å². The number of aryl methyl sites for hydroxylation is 1. The van der Waals surface area contributed by atoms with Crippen LogP contribution in [0.5, 0.6) is 0 Å². The summed E-state index contributed by atoms with van der Waals surface area (Å²) >= 11 is 0. The molecule has 0 bridgehead atoms. The third-order valence-electron chi connectivity index (χ3n) is 6.48. The lowest BCUT2D eigenvalue weighted by Gasteiger charge is -2.24. The minimum atomic E-state index is -0.469. The zero-order chi connectivity index (χ0) is 25.2. The number of anilines is 2. The van der Waals surface area contributed by atoms with Crippen molar-refractivity contribution in [1.29, 1.82) is 0 Å². The fourth-order valence-corrected chi connectivity index (χ4v) is 4.57. The van der Waals surface area contributed by atoms with E-state index in [0.717, 1.165) is 22.5 Å². The molecule has 4 aromatic carbocycles. The van der Waals surface area contributed by atoms with Crippen LogP contribution in [0, 0.1) is 6.92 Å². The molecule has 2 N–H and O–H groups in total. The van der Waals surface area contributed by atoms with Gasteiger partial charge >= 0.3 is 0 Å². The first-order valence-corrected chi connectivity index (χ1v) is 11.7. The van der Waals surface area contributed by atoms with E-state index in [4.69, 9.17) is 10.7 Å². The average Bonchev–Trinajstić information content (AvgIpc) is 2.91. The molecule has 0 aliphatic heterocycles. The lowest BCUT2D eigenvalue weighted by molar-refractivity contribution is 0.100. The smallest absolute Gasteiger partial charge is 0.262 e. The number of aromatic nitrogens is 2. The Bertz CT molecular complexity index is 1550. The van der Waals surface area contributed by atoms with E-state index < -0.39 is 5.91 Å². The standard InChI is InChI=1S/C30H26N4O2/c1-20-32-27-18-17-25(33(2)24-15-13-23(14-16-24)29(31)35)19-26(27)30(36)34(20)28(21-9-5-3-6-10-21)22-11-7-4-8-12-22/h3-19,28H,1-2H3,(H2,31,35). The SMILES string of the molecule is Cc1nc2ccc(N(C)c3ccc(C(N)=O)cc3)cc2c(=O)n1C(c1ccccc1)c1ccccc1. The molecular weight excluding hydrogens is 448 g/mol. The van der Waals surface area contributed by atoms with Gasteiger partial charge in [0.1, 0.15) is 5.82 Å². The highest BCUT2D eigenvalue weighted by atomic mass is 16.1. The van der Waals surface area contributed by atoms with Crippen molar-refractivity contribution in [3.8, 4) is 0 Å². The van der Waals surface area contributed by atoms with E-state index in [1.165, 1.54) is 0 Å². The molecule has 6 heteroatoms. The van der Waals surface area contributed by atoms with Crippen LogP contribution in [0.3, 0.4) is 0 Å². The summed E-state index contributed by atoms with van der Waals surface area (Å²) in [5.74, 6) is 0.177. The number of hydrogen-bond donors (Lipinski definition) is 1. The number of amides is 1. The van der Waals surface area contributed by atoms with Gasteiger partial charge in [0, 0.05) is 24.0 Å². The normalized spacial score (nSPS) is 11.1. The lowest BCUT2D eigenvalue weighted by atomic mass is 9.98. The molecule has 0 spiro atoms. The van der Waals surface area contributed by atoms with Gasteiger partial charge in [-0.1, -0.05) is 60.7 Å². The second kappa shape index (κ2) is 9.50. The molecule has 1 amide bonds. The monoisotopic (exact) mass is 474 g/mol. The fourth-order valence-electron chi connectivity index (χ4n) is 4.57. The minimum Gasteiger partial charge on any atom is -0.366 e. The Morgan fingerprint density at radius 3 is 1.94 bits per heavy atom. The number of hydrogen-bond acceptors (Lipinski definition) is 4. The van der Waals surface area contributed by atoms with Crippen LogP contribution in [0.15, 0.2) is 108 Å². The van der Waals surface area contributed by atoms with E-state index in [-0.39, 0.29) is 11.6 Å². The van der Waals surface area contributed by atoms with Gasteiger partial charge in [0.25, 0.3) is 5.56 Å². The van der Waals surface area contributed by atoms with Crippen molar-refractivity contribution >= 4 is 28.2 Å². The summed E-state index contributed by atoms with van der Waals surface area (Å²) in [5, 5.41) is 0.538. The fraction of sp³-hybridized carbons (Fsp3) is 0.100. The van der Waals surface area contributed by atoms with Crippen LogP contribution < -0.4 is 16.2 Å². The molecular formula is C30H26N4O2. The molecule has 0 radical (unpaired) electrons. The van der Waals surface area contributed by atoms with E-state index in [0.29, 0.717) is 22.3 Å². The molecule has 0 aliphatic carbocycles. The van der Waals surface area contributed by atoms with Crippen molar-refractivity contribution in [2.45, 2.75) is 13.0 Å². The summed E-state index contributed by atoms with van der Waals surface area (Å²) in [6.07, 6.45) is 0. The number of nitrogens with two attached hydrogens (primary N) is 1. The highest BCUT2D eigenvalue weighted by molar-refractivity contribution is 5.93. The number of rotatable bonds is 6. The summed E-state index contributed by atoms with van der Waals surface area (Å²) in [5.41, 5.74) is 10.1. The van der Waals surface area contributed by atoms with Gasteiger partial charge < -0.3 is 10.6 Å². The molecule has 0 saturated heterocycles. The number of nitrogens with zero attached hydrogens (tertiary/aromatic N) is 3. The minimum absolute atomic E-state index is 0.102. The van der Waals surface area contributed by atoms with Crippen molar-refractivity contribution in [2.24, 2.45) is 5.73 Å². The molecule has 1 heterocycles. The van der Waals surface area contributed by atoms with Crippen LogP contribution in [0.4, 0.5) is 11.4 Å². The maximum Gasteiger partial charge on any atom is 0.262 e. The molecule has 5 rings (SSSR count). The van der Waals surface area contributed by atoms with E-state index in [1.54, 1.807) is 16.7 Å². The Labute approximate surface area is 209 Å². The first kappa shape index (κ1) is 23.1. The Kier molecular flexibility index (Phi) is 6.09. The van der Waals surface area contributed by atoms with Crippen LogP contribution >= 0.6 is 0 Å². The molecule has 0 fully saturated rings. The molecule has 0 atom stereocenters. The van der Waals surface area contributed by atoms with Gasteiger partial charge in [0.15, 0.2) is 0 Å². The van der Waals surface area contributed by atoms with Crippen molar-refractivity contribution in [3.05, 3.63) is 136 Å². The largest absolute Gasteiger partial charge is 0.366 e. The van der Waals surface area contributed by atoms with Crippen molar-refractivity contribution < 1.29 is 4.79 Å². The molecule has 178 valence electrons. The molecule has 5 aromatic rings. The van der Waals surface area contributed by atoms with Gasteiger partial charge in [0.2, 0.25) is 5.91 Å². The average molecular weight is 475 g/mol.